The fourth-order valence-electron chi connectivity index (χ4n) is 1.69. The minimum absolute atomic E-state index is 0.0955. The highest BCUT2D eigenvalue weighted by molar-refractivity contribution is 7.90. The van der Waals surface area contributed by atoms with Crippen LogP contribution in [0.15, 0.2) is 47.4 Å². The molecule has 0 radical (unpaired) electrons. The summed E-state index contributed by atoms with van der Waals surface area (Å²) in [6.07, 6.45) is 1.09. The van der Waals surface area contributed by atoms with Crippen LogP contribution in [0.5, 0.6) is 17.2 Å². The molecule has 2 aromatic rings. The molecule has 0 bridgehead atoms. The first-order chi connectivity index (χ1) is 10.3. The molecule has 5 nitrogen and oxygen atoms in total. The minimum atomic E-state index is -3.35. The Morgan fingerprint density at radius 2 is 1.68 bits per heavy atom. The van der Waals surface area contributed by atoms with Gasteiger partial charge in [-0.25, -0.2) is 8.42 Å². The molecule has 116 valence electrons. The topological polar surface area (TPSA) is 69.7 Å². The fourth-order valence-corrected chi connectivity index (χ4v) is 2.62. The summed E-state index contributed by atoms with van der Waals surface area (Å²) in [7, 11) is -3.35. The van der Waals surface area contributed by atoms with E-state index in [9.17, 15) is 13.2 Å². The van der Waals surface area contributed by atoms with Crippen LogP contribution < -0.4 is 9.47 Å². The summed E-state index contributed by atoms with van der Waals surface area (Å²) < 4.78 is 33.6. The number of sulfone groups is 1. The molecule has 0 amide bonds. The van der Waals surface area contributed by atoms with Gasteiger partial charge in [-0.15, -0.1) is 0 Å². The Kier molecular flexibility index (Phi) is 4.73. The second kappa shape index (κ2) is 6.37. The van der Waals surface area contributed by atoms with E-state index in [0.717, 1.165) is 6.26 Å². The van der Waals surface area contributed by atoms with Crippen molar-refractivity contribution in [2.75, 3.05) is 6.26 Å². The molecule has 0 aliphatic carbocycles. The molecule has 0 spiro atoms. The predicted octanol–water partition coefficient (Wildman–Crippen LogP) is 3.46. The van der Waals surface area contributed by atoms with Crippen LogP contribution in [0.4, 0.5) is 0 Å². The van der Waals surface area contributed by atoms with E-state index in [2.05, 4.69) is 0 Å². The number of hydrogen-bond acceptors (Lipinski definition) is 5. The number of halogens is 1. The SMILES string of the molecule is CC(=O)Oc1ccccc1Oc1ccc(S(C)(=O)=O)cc1Cl. The van der Waals surface area contributed by atoms with Crippen molar-refractivity contribution in [3.8, 4) is 17.2 Å². The number of benzene rings is 2. The van der Waals surface area contributed by atoms with Gasteiger partial charge in [-0.1, -0.05) is 23.7 Å². The van der Waals surface area contributed by atoms with Gasteiger partial charge in [0.2, 0.25) is 0 Å². The van der Waals surface area contributed by atoms with Crippen molar-refractivity contribution < 1.29 is 22.7 Å². The van der Waals surface area contributed by atoms with E-state index in [0.29, 0.717) is 5.75 Å². The normalized spacial score (nSPS) is 11.0. The lowest BCUT2D eigenvalue weighted by molar-refractivity contribution is -0.131. The van der Waals surface area contributed by atoms with Crippen LogP contribution in [-0.4, -0.2) is 20.6 Å². The van der Waals surface area contributed by atoms with Gasteiger partial charge < -0.3 is 9.47 Å². The summed E-state index contributed by atoms with van der Waals surface area (Å²) in [6, 6.07) is 10.7. The number of para-hydroxylation sites is 2. The molecule has 22 heavy (non-hydrogen) atoms. The quantitative estimate of drug-likeness (QED) is 0.629. The fraction of sp³-hybridized carbons (Fsp3) is 0.133. The smallest absolute Gasteiger partial charge is 0.308 e. The lowest BCUT2D eigenvalue weighted by atomic mass is 10.3. The van der Waals surface area contributed by atoms with Crippen molar-refractivity contribution in [2.24, 2.45) is 0 Å². The molecular weight excluding hydrogens is 328 g/mol. The average molecular weight is 341 g/mol. The van der Waals surface area contributed by atoms with Crippen LogP contribution in [0.2, 0.25) is 5.02 Å². The highest BCUT2D eigenvalue weighted by Gasteiger charge is 2.13. The molecule has 7 heteroatoms. The largest absolute Gasteiger partial charge is 0.452 e. The van der Waals surface area contributed by atoms with Gasteiger partial charge in [-0.2, -0.15) is 0 Å². The molecule has 0 atom stereocenters. The Morgan fingerprint density at radius 1 is 1.05 bits per heavy atom. The molecule has 0 N–H and O–H groups in total. The van der Waals surface area contributed by atoms with Gasteiger partial charge in [0, 0.05) is 13.2 Å². The summed E-state index contributed by atoms with van der Waals surface area (Å²) in [5.74, 6) is 0.327. The summed E-state index contributed by atoms with van der Waals surface area (Å²) in [4.78, 5) is 11.2. The van der Waals surface area contributed by atoms with Gasteiger partial charge in [0.15, 0.2) is 21.3 Å². The maximum atomic E-state index is 11.5. The summed E-state index contributed by atoms with van der Waals surface area (Å²) in [5, 5.41) is 0.139. The highest BCUT2D eigenvalue weighted by Crippen LogP contribution is 2.35. The van der Waals surface area contributed by atoms with Gasteiger partial charge >= 0.3 is 5.97 Å². The number of carbonyl (C=O) groups excluding carboxylic acids is 1. The Hall–Kier alpha value is -2.05. The molecule has 0 heterocycles. The first kappa shape index (κ1) is 16.3. The summed E-state index contributed by atoms with van der Waals surface area (Å²) in [5.41, 5.74) is 0. The first-order valence-corrected chi connectivity index (χ1v) is 8.49. The van der Waals surface area contributed by atoms with Crippen molar-refractivity contribution in [1.29, 1.82) is 0 Å². The Morgan fingerprint density at radius 3 is 2.23 bits per heavy atom. The van der Waals surface area contributed by atoms with E-state index in [1.165, 1.54) is 25.1 Å². The number of esters is 1. The van der Waals surface area contributed by atoms with Crippen molar-refractivity contribution >= 4 is 27.4 Å². The molecule has 0 unspecified atom stereocenters. The molecule has 0 saturated carbocycles. The Bertz CT molecular complexity index is 814. The minimum Gasteiger partial charge on any atom is -0.452 e. The third kappa shape index (κ3) is 3.99. The first-order valence-electron chi connectivity index (χ1n) is 6.22. The number of rotatable bonds is 4. The van der Waals surface area contributed by atoms with Crippen LogP contribution in [0.25, 0.3) is 0 Å². The van der Waals surface area contributed by atoms with Crippen LogP contribution in [0.3, 0.4) is 0 Å². The van der Waals surface area contributed by atoms with Crippen molar-refractivity contribution in [3.05, 3.63) is 47.5 Å². The Labute approximate surface area is 133 Å². The number of hydrogen-bond donors (Lipinski definition) is 0. The van der Waals surface area contributed by atoms with Gasteiger partial charge in [-0.3, -0.25) is 4.79 Å². The zero-order chi connectivity index (χ0) is 16.3. The van der Waals surface area contributed by atoms with E-state index in [1.54, 1.807) is 24.3 Å². The van der Waals surface area contributed by atoms with Crippen LogP contribution >= 0.6 is 11.6 Å². The van der Waals surface area contributed by atoms with E-state index < -0.39 is 15.8 Å². The van der Waals surface area contributed by atoms with Gasteiger partial charge in [-0.05, 0) is 30.3 Å². The van der Waals surface area contributed by atoms with Crippen molar-refractivity contribution in [1.82, 2.24) is 0 Å². The highest BCUT2D eigenvalue weighted by atomic mass is 35.5. The molecule has 0 fully saturated rings. The van der Waals surface area contributed by atoms with E-state index >= 15 is 0 Å². The molecule has 2 rings (SSSR count). The second-order valence-corrected chi connectivity index (χ2v) is 6.93. The lowest BCUT2D eigenvalue weighted by Gasteiger charge is -2.12. The second-order valence-electron chi connectivity index (χ2n) is 4.51. The zero-order valence-corrected chi connectivity index (χ0v) is 13.4. The molecule has 0 aromatic heterocycles. The van der Waals surface area contributed by atoms with Crippen LogP contribution in [-0.2, 0) is 14.6 Å². The van der Waals surface area contributed by atoms with E-state index in [4.69, 9.17) is 21.1 Å². The maximum absolute atomic E-state index is 11.5. The molecule has 0 saturated heterocycles. The lowest BCUT2D eigenvalue weighted by Crippen LogP contribution is -2.02. The van der Waals surface area contributed by atoms with Crippen molar-refractivity contribution in [3.63, 3.8) is 0 Å². The number of ether oxygens (including phenoxy) is 2. The average Bonchev–Trinajstić information content (AvgIpc) is 2.41. The van der Waals surface area contributed by atoms with Crippen LogP contribution in [0.1, 0.15) is 6.92 Å². The predicted molar refractivity (Wildman–Crippen MR) is 82.4 cm³/mol. The number of carbonyl (C=O) groups is 1. The van der Waals surface area contributed by atoms with Gasteiger partial charge in [0.05, 0.1) is 9.92 Å². The third-order valence-corrected chi connectivity index (χ3v) is 4.06. The van der Waals surface area contributed by atoms with Gasteiger partial charge in [0.25, 0.3) is 0 Å². The van der Waals surface area contributed by atoms with E-state index in [-0.39, 0.29) is 21.4 Å². The molecule has 0 aliphatic heterocycles. The van der Waals surface area contributed by atoms with Crippen LogP contribution in [0, 0.1) is 0 Å². The zero-order valence-electron chi connectivity index (χ0n) is 11.9. The van der Waals surface area contributed by atoms with Gasteiger partial charge in [0.1, 0.15) is 5.75 Å². The third-order valence-electron chi connectivity index (χ3n) is 2.65. The summed E-state index contributed by atoms with van der Waals surface area (Å²) >= 11 is 6.05. The summed E-state index contributed by atoms with van der Waals surface area (Å²) in [6.45, 7) is 1.28. The maximum Gasteiger partial charge on any atom is 0.308 e. The monoisotopic (exact) mass is 340 g/mol. The molecule has 2 aromatic carbocycles. The van der Waals surface area contributed by atoms with Crippen molar-refractivity contribution in [2.45, 2.75) is 11.8 Å². The van der Waals surface area contributed by atoms with E-state index in [1.807, 2.05) is 0 Å². The Balaban J connectivity index is 2.34. The molecular formula is C15H13ClO5S. The molecule has 0 aliphatic rings. The standard InChI is InChI=1S/C15H13ClO5S/c1-10(17)20-14-5-3-4-6-15(14)21-13-8-7-11(9-12(13)16)22(2,18)19/h3-9H,1-2H3.